The summed E-state index contributed by atoms with van der Waals surface area (Å²) in [7, 11) is 0. The van der Waals surface area contributed by atoms with Gasteiger partial charge in [-0.15, -0.1) is 0 Å². The smallest absolute Gasteiger partial charge is 0.336 e. The number of hydrogen-bond donors (Lipinski definition) is 3. The second-order valence-corrected chi connectivity index (χ2v) is 8.99. The molecule has 0 saturated heterocycles. The Morgan fingerprint density at radius 1 is 1.00 bits per heavy atom. The first-order valence-electron chi connectivity index (χ1n) is 11.7. The number of carbonyl (C=O) groups is 1. The molecule has 2 fully saturated rings. The van der Waals surface area contributed by atoms with Gasteiger partial charge in [0.05, 0.1) is 5.56 Å². The summed E-state index contributed by atoms with van der Waals surface area (Å²) >= 11 is 0. The van der Waals surface area contributed by atoms with Gasteiger partial charge < -0.3 is 15.7 Å². The highest BCUT2D eigenvalue weighted by molar-refractivity contribution is 5.89. The van der Waals surface area contributed by atoms with Crippen LogP contribution >= 0.6 is 0 Å². The van der Waals surface area contributed by atoms with E-state index in [-0.39, 0.29) is 0 Å². The molecule has 31 heavy (non-hydrogen) atoms. The Hall–Kier alpha value is -2.43. The van der Waals surface area contributed by atoms with Crippen molar-refractivity contribution in [3.8, 4) is 0 Å². The fourth-order valence-corrected chi connectivity index (χ4v) is 4.93. The van der Waals surface area contributed by atoms with Crippen LogP contribution in [0.4, 0.5) is 0 Å². The predicted octanol–water partition coefficient (Wildman–Crippen LogP) is 5.26. The maximum Gasteiger partial charge on any atom is 0.336 e. The van der Waals surface area contributed by atoms with Crippen LogP contribution in [0, 0.1) is 5.92 Å². The number of aromatic carboxylic acids is 1. The van der Waals surface area contributed by atoms with Crippen LogP contribution in [0.25, 0.3) is 6.08 Å². The van der Waals surface area contributed by atoms with Gasteiger partial charge in [-0.25, -0.2) is 4.79 Å². The monoisotopic (exact) mass is 418 g/mol. The number of carboxylic acid groups (broad SMARTS) is 1. The molecule has 0 amide bonds. The lowest BCUT2D eigenvalue weighted by Gasteiger charge is -2.30. The summed E-state index contributed by atoms with van der Waals surface area (Å²) in [6.45, 7) is 2.89. The normalized spacial score (nSPS) is 25.9. The highest BCUT2D eigenvalue weighted by Crippen LogP contribution is 2.40. The first-order chi connectivity index (χ1) is 15.1. The van der Waals surface area contributed by atoms with Gasteiger partial charge in [-0.2, -0.15) is 0 Å². The molecule has 0 unspecified atom stereocenters. The van der Waals surface area contributed by atoms with E-state index in [2.05, 4.69) is 54.0 Å². The lowest BCUT2D eigenvalue weighted by molar-refractivity contribution is 0.0695. The number of benzene rings is 2. The number of carboxylic acids is 1. The van der Waals surface area contributed by atoms with Gasteiger partial charge in [-0.05, 0) is 61.6 Å². The third-order valence-electron chi connectivity index (χ3n) is 6.83. The van der Waals surface area contributed by atoms with Crippen molar-refractivity contribution in [2.75, 3.05) is 0 Å². The van der Waals surface area contributed by atoms with Gasteiger partial charge in [-0.3, -0.25) is 0 Å². The molecule has 2 aliphatic carbocycles. The molecule has 164 valence electrons. The van der Waals surface area contributed by atoms with Gasteiger partial charge in [0.25, 0.3) is 0 Å². The zero-order valence-electron chi connectivity index (χ0n) is 18.4. The van der Waals surface area contributed by atoms with Crippen molar-refractivity contribution in [1.29, 1.82) is 0 Å². The quantitative estimate of drug-likeness (QED) is 0.520. The van der Waals surface area contributed by atoms with Gasteiger partial charge in [0, 0.05) is 24.7 Å². The summed E-state index contributed by atoms with van der Waals surface area (Å²) in [4.78, 5) is 11.4. The van der Waals surface area contributed by atoms with Crippen molar-refractivity contribution in [2.45, 2.75) is 70.1 Å². The van der Waals surface area contributed by atoms with E-state index in [1.54, 1.807) is 17.7 Å². The Morgan fingerprint density at radius 3 is 2.39 bits per heavy atom. The first kappa shape index (κ1) is 21.8. The number of nitrogens with one attached hydrogen (secondary N) is 2. The van der Waals surface area contributed by atoms with Crippen LogP contribution < -0.4 is 10.6 Å². The molecule has 4 heteroatoms. The Morgan fingerprint density at radius 2 is 1.68 bits per heavy atom. The molecular weight excluding hydrogens is 384 g/mol. The molecule has 2 aromatic rings. The van der Waals surface area contributed by atoms with Gasteiger partial charge in [0.1, 0.15) is 0 Å². The summed E-state index contributed by atoms with van der Waals surface area (Å²) in [5, 5.41) is 16.8. The van der Waals surface area contributed by atoms with E-state index in [0.29, 0.717) is 36.2 Å². The van der Waals surface area contributed by atoms with Gasteiger partial charge in [0.15, 0.2) is 0 Å². The van der Waals surface area contributed by atoms with Crippen molar-refractivity contribution in [2.24, 2.45) is 5.92 Å². The molecule has 4 nitrogen and oxygen atoms in total. The standard InChI is InChI=1S/C27H34N2O2/c1-2-20(16-19-8-4-3-5-9-19)25-17-26(25)29-23-14-12-22(13-15-23)28-18-21-10-6-7-11-24(21)27(30)31/h3-11,16,22-23,25-26,28-29H,2,12-15,17-18H2,1H3,(H,30,31)/b20-16+/t22?,23?,25-,26+/m0/s1. The topological polar surface area (TPSA) is 61.4 Å². The predicted molar refractivity (Wildman–Crippen MR) is 126 cm³/mol. The van der Waals surface area contributed by atoms with E-state index in [9.17, 15) is 9.90 Å². The molecule has 2 aliphatic rings. The van der Waals surface area contributed by atoms with Crippen molar-refractivity contribution < 1.29 is 9.90 Å². The zero-order chi connectivity index (χ0) is 21.6. The molecule has 2 atom stereocenters. The van der Waals surface area contributed by atoms with E-state index in [1.165, 1.54) is 24.8 Å². The largest absolute Gasteiger partial charge is 0.478 e. The zero-order valence-corrected chi connectivity index (χ0v) is 18.4. The molecule has 2 saturated carbocycles. The molecule has 0 spiro atoms. The van der Waals surface area contributed by atoms with Crippen molar-refractivity contribution in [3.63, 3.8) is 0 Å². The first-order valence-corrected chi connectivity index (χ1v) is 11.7. The molecule has 0 aliphatic heterocycles. The van der Waals surface area contributed by atoms with E-state index in [0.717, 1.165) is 24.8 Å². The second-order valence-electron chi connectivity index (χ2n) is 8.99. The summed E-state index contributed by atoms with van der Waals surface area (Å²) in [6, 6.07) is 19.6. The van der Waals surface area contributed by atoms with Crippen LogP contribution in [0.2, 0.25) is 0 Å². The summed E-state index contributed by atoms with van der Waals surface area (Å²) in [6.07, 6.45) is 9.41. The van der Waals surface area contributed by atoms with E-state index < -0.39 is 5.97 Å². The van der Waals surface area contributed by atoms with Crippen molar-refractivity contribution >= 4 is 12.0 Å². The number of hydrogen-bond acceptors (Lipinski definition) is 3. The van der Waals surface area contributed by atoms with Gasteiger partial charge in [-0.1, -0.05) is 67.1 Å². The van der Waals surface area contributed by atoms with Crippen LogP contribution in [0.15, 0.2) is 60.2 Å². The van der Waals surface area contributed by atoms with Crippen LogP contribution in [-0.4, -0.2) is 29.2 Å². The van der Waals surface area contributed by atoms with Gasteiger partial charge in [0.2, 0.25) is 0 Å². The third kappa shape index (κ3) is 5.84. The molecule has 0 bridgehead atoms. The molecule has 0 heterocycles. The third-order valence-corrected chi connectivity index (χ3v) is 6.83. The SMILES string of the molecule is CC/C(=C\c1ccccc1)[C@@H]1C[C@H]1NC1CCC(NCc2ccccc2C(=O)O)CC1. The highest BCUT2D eigenvalue weighted by Gasteiger charge is 2.40. The molecule has 0 aromatic heterocycles. The minimum atomic E-state index is -0.850. The van der Waals surface area contributed by atoms with E-state index >= 15 is 0 Å². The summed E-state index contributed by atoms with van der Waals surface area (Å²) in [5.41, 5.74) is 4.14. The van der Waals surface area contributed by atoms with E-state index in [4.69, 9.17) is 0 Å². The molecule has 2 aromatic carbocycles. The van der Waals surface area contributed by atoms with Crippen LogP contribution in [0.1, 0.15) is 66.9 Å². The van der Waals surface area contributed by atoms with E-state index in [1.807, 2.05) is 12.1 Å². The molecular formula is C27H34N2O2. The molecule has 4 rings (SSSR count). The minimum absolute atomic E-state index is 0.403. The Bertz CT molecular complexity index is 900. The van der Waals surface area contributed by atoms with Crippen LogP contribution in [0.5, 0.6) is 0 Å². The van der Waals surface area contributed by atoms with Crippen LogP contribution in [0.3, 0.4) is 0 Å². The summed E-state index contributed by atoms with van der Waals surface area (Å²) in [5.74, 6) is -0.161. The Kier molecular flexibility index (Phi) is 7.21. The van der Waals surface area contributed by atoms with Crippen molar-refractivity contribution in [1.82, 2.24) is 10.6 Å². The average Bonchev–Trinajstić information content (AvgIpc) is 3.56. The lowest BCUT2D eigenvalue weighted by atomic mass is 9.90. The summed E-state index contributed by atoms with van der Waals surface area (Å²) < 4.78 is 0. The minimum Gasteiger partial charge on any atom is -0.478 e. The Balaban J connectivity index is 1.22. The number of rotatable bonds is 9. The Labute approximate surface area is 185 Å². The fraction of sp³-hybridized carbons (Fsp3) is 0.444. The average molecular weight is 419 g/mol. The fourth-order valence-electron chi connectivity index (χ4n) is 4.93. The maximum atomic E-state index is 11.4. The maximum absolute atomic E-state index is 11.4. The highest BCUT2D eigenvalue weighted by atomic mass is 16.4. The lowest BCUT2D eigenvalue weighted by Crippen LogP contribution is -2.41. The molecule has 3 N–H and O–H groups in total. The second kappa shape index (κ2) is 10.3. The molecule has 0 radical (unpaired) electrons. The van der Waals surface area contributed by atoms with Gasteiger partial charge >= 0.3 is 5.97 Å². The van der Waals surface area contributed by atoms with Crippen LogP contribution in [-0.2, 0) is 6.54 Å². The van der Waals surface area contributed by atoms with Crippen molar-refractivity contribution in [3.05, 3.63) is 76.9 Å².